The molecule has 4 heterocycles. The Morgan fingerprint density at radius 2 is 1.94 bits per heavy atom. The Balaban J connectivity index is 1.15. The van der Waals surface area contributed by atoms with E-state index in [9.17, 15) is 4.79 Å². The summed E-state index contributed by atoms with van der Waals surface area (Å²) in [5.41, 5.74) is 1.99. The zero-order chi connectivity index (χ0) is 25.2. The normalized spacial score (nSPS) is 22.1. The maximum absolute atomic E-state index is 11.9. The summed E-state index contributed by atoms with van der Waals surface area (Å²) in [6.45, 7) is 11.2. The number of piperidine rings is 1. The van der Waals surface area contributed by atoms with Gasteiger partial charge in [0.25, 0.3) is 0 Å². The number of hydrogen-bond acceptors (Lipinski definition) is 6. The molecule has 0 radical (unpaired) electrons. The fourth-order valence-electron chi connectivity index (χ4n) is 5.72. The average molecular weight is 532 g/mol. The minimum Gasteiger partial charge on any atom is -0.363 e. The number of carbonyl (C=O) groups is 1. The second-order valence-electron chi connectivity index (χ2n) is 10.6. The minimum absolute atomic E-state index is 0.00979. The van der Waals surface area contributed by atoms with Crippen LogP contribution in [0.3, 0.4) is 0 Å². The van der Waals surface area contributed by atoms with E-state index >= 15 is 0 Å². The lowest BCUT2D eigenvalue weighted by Crippen LogP contribution is -2.54. The monoisotopic (exact) mass is 530 g/mol. The van der Waals surface area contributed by atoms with Crippen molar-refractivity contribution < 1.29 is 4.79 Å². The third kappa shape index (κ3) is 5.74. The third-order valence-corrected chi connectivity index (χ3v) is 8.56. The van der Waals surface area contributed by atoms with Crippen LogP contribution >= 0.6 is 23.2 Å². The number of anilines is 2. The number of aryl methyl sites for hydroxylation is 1. The van der Waals surface area contributed by atoms with E-state index in [0.29, 0.717) is 27.8 Å². The Bertz CT molecular complexity index is 1090. The first kappa shape index (κ1) is 25.6. The van der Waals surface area contributed by atoms with Crippen LogP contribution in [0.15, 0.2) is 24.4 Å². The molecular weight excluding hydrogens is 495 g/mol. The van der Waals surface area contributed by atoms with Gasteiger partial charge in [0.15, 0.2) is 0 Å². The molecule has 1 aromatic carbocycles. The number of rotatable bonds is 8. The topological polar surface area (TPSA) is 64.6 Å². The molecule has 1 N–H and O–H groups in total. The molecule has 3 aliphatic heterocycles. The maximum Gasteiger partial charge on any atom is 0.227 e. The minimum atomic E-state index is -0.00979. The van der Waals surface area contributed by atoms with Crippen LogP contribution in [0, 0.1) is 18.8 Å². The number of carbonyl (C=O) groups excluding carboxylic acids is 1. The van der Waals surface area contributed by atoms with Gasteiger partial charge in [-0.3, -0.25) is 4.79 Å². The van der Waals surface area contributed by atoms with Gasteiger partial charge in [-0.25, -0.2) is 4.98 Å². The van der Waals surface area contributed by atoms with E-state index in [-0.39, 0.29) is 6.04 Å². The molecular formula is C27H36Cl2N6O. The largest absolute Gasteiger partial charge is 0.363 e. The average Bonchev–Trinajstić information content (AvgIpc) is 3.23. The highest BCUT2D eigenvalue weighted by Crippen LogP contribution is 2.34. The van der Waals surface area contributed by atoms with E-state index in [2.05, 4.69) is 27.0 Å². The van der Waals surface area contributed by atoms with Crippen molar-refractivity contribution in [2.45, 2.75) is 45.6 Å². The van der Waals surface area contributed by atoms with Crippen molar-refractivity contribution in [2.75, 3.05) is 56.0 Å². The summed E-state index contributed by atoms with van der Waals surface area (Å²) in [7, 11) is 0. The zero-order valence-electron chi connectivity index (χ0n) is 21.2. The molecule has 194 valence electrons. The second kappa shape index (κ2) is 11.1. The van der Waals surface area contributed by atoms with Crippen LogP contribution in [0.5, 0.6) is 0 Å². The molecule has 0 aliphatic carbocycles. The van der Waals surface area contributed by atoms with Crippen molar-refractivity contribution in [3.05, 3.63) is 45.6 Å². The number of benzene rings is 1. The highest BCUT2D eigenvalue weighted by molar-refractivity contribution is 6.35. The molecule has 2 aromatic rings. The molecule has 9 heteroatoms. The van der Waals surface area contributed by atoms with E-state index in [1.54, 1.807) is 6.07 Å². The van der Waals surface area contributed by atoms with Crippen LogP contribution < -0.4 is 10.2 Å². The Hall–Kier alpha value is -2.09. The number of nitrogens with one attached hydrogen (secondary N) is 1. The predicted molar refractivity (Wildman–Crippen MR) is 146 cm³/mol. The lowest BCUT2D eigenvalue weighted by molar-refractivity contribution is -0.127. The van der Waals surface area contributed by atoms with Gasteiger partial charge in [0.2, 0.25) is 11.9 Å². The molecule has 3 aliphatic rings. The summed E-state index contributed by atoms with van der Waals surface area (Å²) in [6, 6.07) is 5.57. The predicted octanol–water partition coefficient (Wildman–Crippen LogP) is 5.04. The van der Waals surface area contributed by atoms with Crippen LogP contribution in [-0.4, -0.2) is 71.5 Å². The second-order valence-corrected chi connectivity index (χ2v) is 11.4. The number of hydrogen-bond donors (Lipinski definition) is 1. The molecule has 3 fully saturated rings. The number of amides is 1. The van der Waals surface area contributed by atoms with Gasteiger partial charge in [-0.2, -0.15) is 4.98 Å². The van der Waals surface area contributed by atoms with Gasteiger partial charge in [0.05, 0.1) is 6.04 Å². The van der Waals surface area contributed by atoms with Gasteiger partial charge in [-0.15, -0.1) is 0 Å². The van der Waals surface area contributed by atoms with Crippen LogP contribution in [-0.2, 0) is 4.79 Å². The number of halogens is 2. The summed E-state index contributed by atoms with van der Waals surface area (Å²) >= 11 is 12.5. The van der Waals surface area contributed by atoms with Gasteiger partial charge < -0.3 is 20.0 Å². The molecule has 5 rings (SSSR count). The summed E-state index contributed by atoms with van der Waals surface area (Å²) in [5, 5.41) is 4.79. The summed E-state index contributed by atoms with van der Waals surface area (Å²) in [5.74, 6) is 3.33. The molecule has 0 saturated carbocycles. The van der Waals surface area contributed by atoms with Crippen LogP contribution in [0.1, 0.15) is 49.8 Å². The van der Waals surface area contributed by atoms with E-state index in [0.717, 1.165) is 81.5 Å². The highest BCUT2D eigenvalue weighted by Gasteiger charge is 2.37. The van der Waals surface area contributed by atoms with Crippen molar-refractivity contribution in [1.82, 2.24) is 19.8 Å². The molecule has 1 aromatic heterocycles. The molecule has 7 nitrogen and oxygen atoms in total. The third-order valence-electron chi connectivity index (χ3n) is 8.00. The quantitative estimate of drug-likeness (QED) is 0.515. The van der Waals surface area contributed by atoms with E-state index in [1.165, 1.54) is 12.8 Å². The van der Waals surface area contributed by atoms with Gasteiger partial charge >= 0.3 is 0 Å². The maximum atomic E-state index is 11.9. The lowest BCUT2D eigenvalue weighted by Gasteiger charge is -2.46. The first-order chi connectivity index (χ1) is 17.4. The Morgan fingerprint density at radius 3 is 2.69 bits per heavy atom. The Morgan fingerprint density at radius 1 is 1.11 bits per heavy atom. The molecule has 3 saturated heterocycles. The van der Waals surface area contributed by atoms with E-state index in [1.807, 2.05) is 30.2 Å². The number of nitrogens with zero attached hydrogens (tertiary/aromatic N) is 5. The lowest BCUT2D eigenvalue weighted by atomic mass is 9.81. The Labute approximate surface area is 224 Å². The molecule has 1 amide bonds. The molecule has 2 atom stereocenters. The van der Waals surface area contributed by atoms with Crippen LogP contribution in [0.4, 0.5) is 11.8 Å². The zero-order valence-corrected chi connectivity index (χ0v) is 22.7. The number of likely N-dealkylation sites (tertiary alicyclic amines) is 2. The van der Waals surface area contributed by atoms with Crippen molar-refractivity contribution >= 4 is 40.9 Å². The van der Waals surface area contributed by atoms with E-state index < -0.39 is 0 Å². The molecule has 0 spiro atoms. The van der Waals surface area contributed by atoms with Crippen molar-refractivity contribution in [3.63, 3.8) is 0 Å². The van der Waals surface area contributed by atoms with Gasteiger partial charge in [-0.1, -0.05) is 29.3 Å². The smallest absolute Gasteiger partial charge is 0.227 e. The molecule has 1 unspecified atom stereocenters. The van der Waals surface area contributed by atoms with Crippen LogP contribution in [0.2, 0.25) is 10.0 Å². The summed E-state index contributed by atoms with van der Waals surface area (Å²) in [6.07, 6.45) is 6.18. The summed E-state index contributed by atoms with van der Waals surface area (Å²) < 4.78 is 0. The SMILES string of the molecule is Cc1cnc(N2CC(C3CCCN(CCN4CCCC4=O)C3)C2)nc1N[C@H](C)c1ccc(Cl)cc1Cl. The van der Waals surface area contributed by atoms with E-state index in [4.69, 9.17) is 28.2 Å². The summed E-state index contributed by atoms with van der Waals surface area (Å²) in [4.78, 5) is 28.3. The van der Waals surface area contributed by atoms with Crippen molar-refractivity contribution in [3.8, 4) is 0 Å². The molecule has 36 heavy (non-hydrogen) atoms. The van der Waals surface area contributed by atoms with Gasteiger partial charge in [0, 0.05) is 67.5 Å². The highest BCUT2D eigenvalue weighted by atomic mass is 35.5. The standard InChI is InChI=1S/C27H36Cl2N6O/c1-18-14-30-27(32-26(18)31-19(2)23-8-7-22(28)13-24(23)29)35-16-21(17-35)20-5-3-9-33(15-20)11-12-34-10-4-6-25(34)36/h7-8,13-14,19-21H,3-6,9-12,15-17H2,1-2H3,(H,30,31,32)/t19-,20?/m1/s1. The molecule has 0 bridgehead atoms. The Kier molecular flexibility index (Phi) is 7.89. The fourth-order valence-corrected chi connectivity index (χ4v) is 6.29. The van der Waals surface area contributed by atoms with Gasteiger partial charge in [0.1, 0.15) is 5.82 Å². The fraction of sp³-hybridized carbons (Fsp3) is 0.593. The van der Waals surface area contributed by atoms with Crippen molar-refractivity contribution in [1.29, 1.82) is 0 Å². The number of aromatic nitrogens is 2. The first-order valence-electron chi connectivity index (χ1n) is 13.2. The van der Waals surface area contributed by atoms with Gasteiger partial charge in [-0.05, 0) is 69.2 Å². The van der Waals surface area contributed by atoms with Crippen molar-refractivity contribution in [2.24, 2.45) is 11.8 Å². The van der Waals surface area contributed by atoms with Crippen LogP contribution in [0.25, 0.3) is 0 Å². The first-order valence-corrected chi connectivity index (χ1v) is 13.9.